The summed E-state index contributed by atoms with van der Waals surface area (Å²) < 4.78 is 5.00. The van der Waals surface area contributed by atoms with Crippen LogP contribution in [0, 0.1) is 11.8 Å². The molecule has 76 valence electrons. The number of esters is 1. The zero-order valence-corrected chi connectivity index (χ0v) is 7.77. The zero-order valence-electron chi connectivity index (χ0n) is 7.77. The molecule has 1 saturated carbocycles. The molecule has 1 heterocycles. The van der Waals surface area contributed by atoms with E-state index < -0.39 is 0 Å². The number of ketones is 1. The van der Waals surface area contributed by atoms with E-state index in [-0.39, 0.29) is 36.1 Å². The van der Waals surface area contributed by atoms with Gasteiger partial charge in [-0.15, -0.1) is 0 Å². The Bertz CT molecular complexity index is 284. The van der Waals surface area contributed by atoms with Crippen molar-refractivity contribution in [3.8, 4) is 0 Å². The summed E-state index contributed by atoms with van der Waals surface area (Å²) in [5, 5.41) is 0. The fraction of sp³-hybridized carbons (Fsp3) is 0.700. The van der Waals surface area contributed by atoms with Crippen LogP contribution in [-0.4, -0.2) is 24.1 Å². The third-order valence-corrected chi connectivity index (χ3v) is 3.12. The van der Waals surface area contributed by atoms with Crippen LogP contribution in [-0.2, 0) is 19.1 Å². The molecule has 2 fully saturated rings. The van der Waals surface area contributed by atoms with Crippen LogP contribution in [0.4, 0.5) is 0 Å². The van der Waals surface area contributed by atoms with E-state index in [0.717, 1.165) is 12.7 Å². The van der Waals surface area contributed by atoms with Crippen LogP contribution in [0.5, 0.6) is 0 Å². The minimum absolute atomic E-state index is 0.0357. The molecule has 0 radical (unpaired) electrons. The Morgan fingerprint density at radius 3 is 2.71 bits per heavy atom. The minimum Gasteiger partial charge on any atom is -0.462 e. The van der Waals surface area contributed by atoms with Crippen molar-refractivity contribution in [1.29, 1.82) is 0 Å². The van der Waals surface area contributed by atoms with Gasteiger partial charge < -0.3 is 9.53 Å². The zero-order chi connectivity index (χ0) is 10.1. The first-order chi connectivity index (χ1) is 6.72. The van der Waals surface area contributed by atoms with E-state index >= 15 is 0 Å². The molecule has 1 saturated heterocycles. The van der Waals surface area contributed by atoms with Crippen LogP contribution in [0.2, 0.25) is 0 Å². The molecule has 2 aliphatic rings. The average molecular weight is 196 g/mol. The van der Waals surface area contributed by atoms with Crippen molar-refractivity contribution in [2.24, 2.45) is 11.8 Å². The summed E-state index contributed by atoms with van der Waals surface area (Å²) in [6.45, 7) is 0. The second kappa shape index (κ2) is 3.52. The average Bonchev–Trinajstić information content (AvgIpc) is 2.45. The molecule has 0 bridgehead atoms. The summed E-state index contributed by atoms with van der Waals surface area (Å²) in [6.07, 6.45) is 2.38. The molecule has 3 atom stereocenters. The number of carbonyl (C=O) groups is 3. The van der Waals surface area contributed by atoms with E-state index in [1.54, 1.807) is 0 Å². The first kappa shape index (κ1) is 9.37. The Kier molecular flexibility index (Phi) is 2.35. The molecule has 14 heavy (non-hydrogen) atoms. The van der Waals surface area contributed by atoms with E-state index in [2.05, 4.69) is 0 Å². The molecular formula is C10H12O4. The Labute approximate surface area is 81.6 Å². The first-order valence-corrected chi connectivity index (χ1v) is 4.88. The van der Waals surface area contributed by atoms with E-state index in [0.29, 0.717) is 12.8 Å². The highest BCUT2D eigenvalue weighted by Crippen LogP contribution is 2.39. The van der Waals surface area contributed by atoms with Gasteiger partial charge in [0.1, 0.15) is 18.2 Å². The van der Waals surface area contributed by atoms with E-state index in [1.807, 2.05) is 0 Å². The number of ether oxygens (including phenoxy) is 1. The molecule has 0 aromatic rings. The van der Waals surface area contributed by atoms with Gasteiger partial charge in [0.2, 0.25) is 0 Å². The second-order valence-electron chi connectivity index (χ2n) is 3.91. The van der Waals surface area contributed by atoms with Gasteiger partial charge in [-0.3, -0.25) is 9.59 Å². The smallest absolute Gasteiger partial charge is 0.306 e. The van der Waals surface area contributed by atoms with E-state index in [1.165, 1.54) is 0 Å². The monoisotopic (exact) mass is 196 g/mol. The number of aldehydes is 1. The SMILES string of the molecule is O=CC[C@H]1OC(=O)C[C@@H]1[C@@H]1CCC1=O. The van der Waals surface area contributed by atoms with E-state index in [4.69, 9.17) is 4.74 Å². The topological polar surface area (TPSA) is 60.4 Å². The fourth-order valence-corrected chi connectivity index (χ4v) is 2.23. The van der Waals surface area contributed by atoms with Gasteiger partial charge in [-0.25, -0.2) is 0 Å². The lowest BCUT2D eigenvalue weighted by Crippen LogP contribution is -2.36. The molecular weight excluding hydrogens is 184 g/mol. The number of cyclic esters (lactones) is 1. The lowest BCUT2D eigenvalue weighted by molar-refractivity contribution is -0.143. The van der Waals surface area contributed by atoms with Crippen LogP contribution in [0.3, 0.4) is 0 Å². The van der Waals surface area contributed by atoms with Crippen LogP contribution in [0.25, 0.3) is 0 Å². The predicted molar refractivity (Wildman–Crippen MR) is 46.4 cm³/mol. The third kappa shape index (κ3) is 1.45. The van der Waals surface area contributed by atoms with Crippen LogP contribution < -0.4 is 0 Å². The second-order valence-corrected chi connectivity index (χ2v) is 3.91. The predicted octanol–water partition coefficient (Wildman–Crippen LogP) is 0.486. The summed E-state index contributed by atoms with van der Waals surface area (Å²) in [7, 11) is 0. The van der Waals surface area contributed by atoms with Crippen molar-refractivity contribution in [2.45, 2.75) is 31.8 Å². The number of carbonyl (C=O) groups excluding carboxylic acids is 3. The minimum atomic E-state index is -0.353. The molecule has 0 amide bonds. The highest BCUT2D eigenvalue weighted by molar-refractivity contribution is 5.88. The molecule has 0 spiro atoms. The standard InChI is InChI=1S/C10H12O4/c11-4-3-9-7(5-10(13)14-9)6-1-2-8(6)12/h4,6-7,9H,1-3,5H2/t6-,7+,9+/m0/s1. The van der Waals surface area contributed by atoms with Gasteiger partial charge in [0.05, 0.1) is 6.42 Å². The van der Waals surface area contributed by atoms with Gasteiger partial charge in [-0.1, -0.05) is 0 Å². The highest BCUT2D eigenvalue weighted by Gasteiger charge is 2.45. The van der Waals surface area contributed by atoms with Crippen molar-refractivity contribution in [3.63, 3.8) is 0 Å². The Hall–Kier alpha value is -1.19. The molecule has 0 aromatic heterocycles. The number of Topliss-reactive ketones (excluding diaryl/α,β-unsaturated/α-hetero) is 1. The van der Waals surface area contributed by atoms with E-state index in [9.17, 15) is 14.4 Å². The number of hydrogen-bond acceptors (Lipinski definition) is 4. The summed E-state index contributed by atoms with van der Waals surface area (Å²) >= 11 is 0. The summed E-state index contributed by atoms with van der Waals surface area (Å²) in [4.78, 5) is 32.6. The van der Waals surface area contributed by atoms with Crippen LogP contribution >= 0.6 is 0 Å². The Morgan fingerprint density at radius 2 is 2.21 bits per heavy atom. The maximum Gasteiger partial charge on any atom is 0.306 e. The quantitative estimate of drug-likeness (QED) is 0.486. The summed E-state index contributed by atoms with van der Waals surface area (Å²) in [5.74, 6) is -0.147. The first-order valence-electron chi connectivity index (χ1n) is 4.88. The molecule has 1 aliphatic heterocycles. The normalized spacial score (nSPS) is 36.4. The van der Waals surface area contributed by atoms with Gasteiger partial charge in [0.25, 0.3) is 0 Å². The number of rotatable bonds is 3. The maximum atomic E-state index is 11.2. The Balaban J connectivity index is 2.04. The van der Waals surface area contributed by atoms with Gasteiger partial charge >= 0.3 is 5.97 Å². The lowest BCUT2D eigenvalue weighted by atomic mass is 9.71. The molecule has 2 rings (SSSR count). The van der Waals surface area contributed by atoms with Crippen molar-refractivity contribution in [3.05, 3.63) is 0 Å². The lowest BCUT2D eigenvalue weighted by Gasteiger charge is -2.30. The molecule has 4 nitrogen and oxygen atoms in total. The molecule has 4 heteroatoms. The fourth-order valence-electron chi connectivity index (χ4n) is 2.23. The van der Waals surface area contributed by atoms with Gasteiger partial charge in [-0.05, 0) is 6.42 Å². The van der Waals surface area contributed by atoms with Crippen molar-refractivity contribution >= 4 is 18.0 Å². The van der Waals surface area contributed by atoms with Gasteiger partial charge in [0, 0.05) is 24.7 Å². The van der Waals surface area contributed by atoms with Crippen LogP contribution in [0.1, 0.15) is 25.7 Å². The Morgan fingerprint density at radius 1 is 1.43 bits per heavy atom. The van der Waals surface area contributed by atoms with Crippen molar-refractivity contribution < 1.29 is 19.1 Å². The van der Waals surface area contributed by atoms with Crippen molar-refractivity contribution in [2.75, 3.05) is 0 Å². The third-order valence-electron chi connectivity index (χ3n) is 3.12. The van der Waals surface area contributed by atoms with Gasteiger partial charge in [-0.2, -0.15) is 0 Å². The molecule has 0 unspecified atom stereocenters. The molecule has 0 aromatic carbocycles. The maximum absolute atomic E-state index is 11.2. The summed E-state index contributed by atoms with van der Waals surface area (Å²) in [6, 6.07) is 0. The summed E-state index contributed by atoms with van der Waals surface area (Å²) in [5.41, 5.74) is 0. The van der Waals surface area contributed by atoms with Crippen molar-refractivity contribution in [1.82, 2.24) is 0 Å². The molecule has 0 N–H and O–H groups in total. The van der Waals surface area contributed by atoms with Crippen LogP contribution in [0.15, 0.2) is 0 Å². The highest BCUT2D eigenvalue weighted by atomic mass is 16.5. The largest absolute Gasteiger partial charge is 0.462 e. The molecule has 1 aliphatic carbocycles. The van der Waals surface area contributed by atoms with Gasteiger partial charge in [0.15, 0.2) is 0 Å². The number of hydrogen-bond donors (Lipinski definition) is 0.